The molecule has 0 saturated carbocycles. The Hall–Kier alpha value is -2.21. The smallest absolute Gasteiger partial charge is 0.357 e. The maximum Gasteiger partial charge on any atom is 0.357 e. The molecule has 0 saturated heterocycles. The number of amides is 1. The molecule has 0 aliphatic heterocycles. The van der Waals surface area contributed by atoms with Crippen molar-refractivity contribution >= 4 is 33.5 Å². The molecule has 0 fully saturated rings. The molecule has 0 radical (unpaired) electrons. The Balaban J connectivity index is 1.87. The Bertz CT molecular complexity index is 659. The zero-order valence-corrected chi connectivity index (χ0v) is 12.9. The lowest BCUT2D eigenvalue weighted by Crippen LogP contribution is -2.21. The number of ether oxygens (including phenoxy) is 1. The molecule has 0 bridgehead atoms. The standard InChI is InChI=1S/C15H13BrN2O3/c1-10-5-6-11(8-12(10)16)18-14(19)9-21-15(20)13-4-2-3-7-17-13/h2-8H,9H2,1H3,(H,18,19). The molecule has 2 rings (SSSR count). The lowest BCUT2D eigenvalue weighted by Gasteiger charge is -2.07. The van der Waals surface area contributed by atoms with E-state index in [1.54, 1.807) is 24.3 Å². The van der Waals surface area contributed by atoms with Crippen LogP contribution in [0.2, 0.25) is 0 Å². The zero-order chi connectivity index (χ0) is 15.2. The van der Waals surface area contributed by atoms with Gasteiger partial charge in [0.1, 0.15) is 5.69 Å². The number of pyridine rings is 1. The fourth-order valence-electron chi connectivity index (χ4n) is 1.56. The first-order valence-electron chi connectivity index (χ1n) is 6.20. The van der Waals surface area contributed by atoms with Crippen molar-refractivity contribution in [2.45, 2.75) is 6.92 Å². The van der Waals surface area contributed by atoms with Crippen LogP contribution in [0.4, 0.5) is 5.69 Å². The second kappa shape index (κ2) is 6.99. The molecule has 0 aliphatic carbocycles. The average molecular weight is 349 g/mol. The summed E-state index contributed by atoms with van der Waals surface area (Å²) in [7, 11) is 0. The summed E-state index contributed by atoms with van der Waals surface area (Å²) in [5, 5.41) is 2.65. The van der Waals surface area contributed by atoms with Gasteiger partial charge in [-0.25, -0.2) is 9.78 Å². The van der Waals surface area contributed by atoms with Crippen LogP contribution in [0.25, 0.3) is 0 Å². The number of hydrogen-bond acceptors (Lipinski definition) is 4. The monoisotopic (exact) mass is 348 g/mol. The van der Waals surface area contributed by atoms with Crippen LogP contribution >= 0.6 is 15.9 Å². The number of carbonyl (C=O) groups excluding carboxylic acids is 2. The normalized spacial score (nSPS) is 10.0. The molecular formula is C15H13BrN2O3. The van der Waals surface area contributed by atoms with Crippen molar-refractivity contribution in [1.29, 1.82) is 0 Å². The van der Waals surface area contributed by atoms with Crippen molar-refractivity contribution in [2.75, 3.05) is 11.9 Å². The van der Waals surface area contributed by atoms with E-state index >= 15 is 0 Å². The Labute approximate surface area is 130 Å². The van der Waals surface area contributed by atoms with Gasteiger partial charge in [0, 0.05) is 16.4 Å². The predicted molar refractivity (Wildman–Crippen MR) is 82.0 cm³/mol. The number of nitrogens with one attached hydrogen (secondary N) is 1. The van der Waals surface area contributed by atoms with Crippen LogP contribution in [0, 0.1) is 6.92 Å². The van der Waals surface area contributed by atoms with Crippen LogP contribution in [0.15, 0.2) is 47.1 Å². The molecule has 1 heterocycles. The van der Waals surface area contributed by atoms with Crippen molar-refractivity contribution in [1.82, 2.24) is 4.98 Å². The summed E-state index contributed by atoms with van der Waals surface area (Å²) in [6, 6.07) is 10.3. The van der Waals surface area contributed by atoms with E-state index in [2.05, 4.69) is 26.2 Å². The number of aryl methyl sites for hydroxylation is 1. The minimum Gasteiger partial charge on any atom is -0.451 e. The average Bonchev–Trinajstić information content (AvgIpc) is 2.49. The summed E-state index contributed by atoms with van der Waals surface area (Å²) in [5.41, 5.74) is 1.87. The molecule has 21 heavy (non-hydrogen) atoms. The number of anilines is 1. The number of hydrogen-bond donors (Lipinski definition) is 1. The van der Waals surface area contributed by atoms with E-state index in [0.29, 0.717) is 5.69 Å². The zero-order valence-electron chi connectivity index (χ0n) is 11.3. The van der Waals surface area contributed by atoms with Gasteiger partial charge in [-0.2, -0.15) is 0 Å². The molecule has 0 atom stereocenters. The van der Waals surface area contributed by atoms with Crippen molar-refractivity contribution < 1.29 is 14.3 Å². The summed E-state index contributed by atoms with van der Waals surface area (Å²) in [4.78, 5) is 27.2. The van der Waals surface area contributed by atoms with Crippen LogP contribution in [0.5, 0.6) is 0 Å². The topological polar surface area (TPSA) is 68.3 Å². The number of halogens is 1. The van der Waals surface area contributed by atoms with E-state index in [1.807, 2.05) is 13.0 Å². The maximum absolute atomic E-state index is 11.7. The summed E-state index contributed by atoms with van der Waals surface area (Å²) in [5.74, 6) is -1.04. The highest BCUT2D eigenvalue weighted by Gasteiger charge is 2.11. The van der Waals surface area contributed by atoms with Crippen LogP contribution in [-0.2, 0) is 9.53 Å². The van der Waals surface area contributed by atoms with Crippen LogP contribution < -0.4 is 5.32 Å². The molecule has 0 aliphatic rings. The van der Waals surface area contributed by atoms with Crippen molar-refractivity contribution in [2.24, 2.45) is 0 Å². The summed E-state index contributed by atoms with van der Waals surface area (Å²) in [6.45, 7) is 1.59. The van der Waals surface area contributed by atoms with Gasteiger partial charge in [0.15, 0.2) is 6.61 Å². The van der Waals surface area contributed by atoms with Gasteiger partial charge >= 0.3 is 5.97 Å². The number of esters is 1. The van der Waals surface area contributed by atoms with Gasteiger partial charge < -0.3 is 10.1 Å². The van der Waals surface area contributed by atoms with E-state index in [-0.39, 0.29) is 12.3 Å². The Morgan fingerprint density at radius 3 is 2.76 bits per heavy atom. The molecule has 2 aromatic rings. The lowest BCUT2D eigenvalue weighted by molar-refractivity contribution is -0.119. The number of benzene rings is 1. The molecule has 6 heteroatoms. The molecule has 1 aromatic carbocycles. The van der Waals surface area contributed by atoms with E-state index in [4.69, 9.17) is 4.74 Å². The summed E-state index contributed by atoms with van der Waals surface area (Å²) < 4.78 is 5.79. The minimum atomic E-state index is -0.629. The molecule has 1 amide bonds. The molecule has 108 valence electrons. The second-order valence-corrected chi connectivity index (χ2v) is 5.16. The molecule has 0 unspecified atom stereocenters. The lowest BCUT2D eigenvalue weighted by atomic mass is 10.2. The number of carbonyl (C=O) groups is 2. The van der Waals surface area contributed by atoms with Gasteiger partial charge in [0.25, 0.3) is 5.91 Å². The number of nitrogens with zero attached hydrogens (tertiary/aromatic N) is 1. The van der Waals surface area contributed by atoms with Gasteiger partial charge in [0.2, 0.25) is 0 Å². The van der Waals surface area contributed by atoms with Crippen molar-refractivity contribution in [3.05, 3.63) is 58.3 Å². The van der Waals surface area contributed by atoms with Gasteiger partial charge in [0.05, 0.1) is 0 Å². The van der Waals surface area contributed by atoms with Gasteiger partial charge in [-0.3, -0.25) is 4.79 Å². The second-order valence-electron chi connectivity index (χ2n) is 4.30. The Morgan fingerprint density at radius 2 is 2.10 bits per heavy atom. The fraction of sp³-hybridized carbons (Fsp3) is 0.133. The molecular weight excluding hydrogens is 336 g/mol. The van der Waals surface area contributed by atoms with Crippen LogP contribution in [-0.4, -0.2) is 23.5 Å². The highest BCUT2D eigenvalue weighted by atomic mass is 79.9. The Kier molecular flexibility index (Phi) is 5.05. The highest BCUT2D eigenvalue weighted by Crippen LogP contribution is 2.20. The SMILES string of the molecule is Cc1ccc(NC(=O)COC(=O)c2ccccn2)cc1Br. The van der Waals surface area contributed by atoms with E-state index in [1.165, 1.54) is 12.3 Å². The number of aromatic nitrogens is 1. The third-order valence-corrected chi connectivity index (χ3v) is 3.52. The maximum atomic E-state index is 11.7. The first-order valence-corrected chi connectivity index (χ1v) is 7.00. The number of rotatable bonds is 4. The van der Waals surface area contributed by atoms with E-state index < -0.39 is 11.9 Å². The van der Waals surface area contributed by atoms with Gasteiger partial charge in [-0.05, 0) is 36.8 Å². The van der Waals surface area contributed by atoms with Crippen LogP contribution in [0.1, 0.15) is 16.1 Å². The van der Waals surface area contributed by atoms with Gasteiger partial charge in [-0.15, -0.1) is 0 Å². The van der Waals surface area contributed by atoms with Gasteiger partial charge in [-0.1, -0.05) is 28.1 Å². The third-order valence-electron chi connectivity index (χ3n) is 2.66. The highest BCUT2D eigenvalue weighted by molar-refractivity contribution is 9.10. The fourth-order valence-corrected chi connectivity index (χ4v) is 1.94. The Morgan fingerprint density at radius 1 is 1.29 bits per heavy atom. The molecule has 0 spiro atoms. The van der Waals surface area contributed by atoms with E-state index in [0.717, 1.165) is 10.0 Å². The van der Waals surface area contributed by atoms with Crippen LogP contribution in [0.3, 0.4) is 0 Å². The largest absolute Gasteiger partial charge is 0.451 e. The summed E-state index contributed by atoms with van der Waals surface area (Å²) in [6.07, 6.45) is 1.49. The summed E-state index contributed by atoms with van der Waals surface area (Å²) >= 11 is 3.38. The first-order chi connectivity index (χ1) is 10.1. The molecule has 5 nitrogen and oxygen atoms in total. The predicted octanol–water partition coefficient (Wildman–Crippen LogP) is 2.95. The minimum absolute atomic E-state index is 0.170. The van der Waals surface area contributed by atoms with E-state index in [9.17, 15) is 9.59 Å². The quantitative estimate of drug-likeness (QED) is 0.862. The van der Waals surface area contributed by atoms with Crippen molar-refractivity contribution in [3.63, 3.8) is 0 Å². The van der Waals surface area contributed by atoms with Crippen molar-refractivity contribution in [3.8, 4) is 0 Å². The third kappa shape index (κ3) is 4.39. The molecule has 1 N–H and O–H groups in total. The molecule has 1 aromatic heterocycles. The first kappa shape index (κ1) is 15.2.